The molecule has 2 aromatic rings. The first kappa shape index (κ1) is 15.2. The van der Waals surface area contributed by atoms with Gasteiger partial charge in [0, 0.05) is 26.6 Å². The molecule has 21 heavy (non-hydrogen) atoms. The predicted octanol–water partition coefficient (Wildman–Crippen LogP) is 1.90. The summed E-state index contributed by atoms with van der Waals surface area (Å²) >= 11 is 0. The third-order valence-corrected chi connectivity index (χ3v) is 3.36. The van der Waals surface area contributed by atoms with Gasteiger partial charge >= 0.3 is 0 Å². The average molecular weight is 287 g/mol. The fourth-order valence-corrected chi connectivity index (χ4v) is 2.32. The van der Waals surface area contributed by atoms with E-state index < -0.39 is 0 Å². The van der Waals surface area contributed by atoms with Gasteiger partial charge in [0.15, 0.2) is 0 Å². The van der Waals surface area contributed by atoms with Crippen LogP contribution in [0.2, 0.25) is 0 Å². The first-order valence-electron chi connectivity index (χ1n) is 7.17. The lowest BCUT2D eigenvalue weighted by Crippen LogP contribution is -2.32. The van der Waals surface area contributed by atoms with Crippen molar-refractivity contribution in [2.24, 2.45) is 5.92 Å². The van der Waals surface area contributed by atoms with Crippen LogP contribution in [0.5, 0.6) is 0 Å². The molecule has 1 aromatic carbocycles. The standard InChI is InChI=1S/C16H21N3O2/c1-12(2)10-18(3)15(20)8-9-19-11-17-14-7-5-4-6-13(14)16(19)21/h4-7,11-12H,8-10H2,1-3H3. The summed E-state index contributed by atoms with van der Waals surface area (Å²) in [7, 11) is 1.80. The molecule has 0 unspecified atom stereocenters. The van der Waals surface area contributed by atoms with Gasteiger partial charge in [0.25, 0.3) is 5.56 Å². The van der Waals surface area contributed by atoms with Crippen LogP contribution in [0.15, 0.2) is 35.4 Å². The molecule has 5 heteroatoms. The molecule has 0 fully saturated rings. The highest BCUT2D eigenvalue weighted by Crippen LogP contribution is 2.05. The normalized spacial score (nSPS) is 11.0. The molecule has 1 heterocycles. The van der Waals surface area contributed by atoms with Crippen molar-refractivity contribution >= 4 is 16.8 Å². The van der Waals surface area contributed by atoms with Gasteiger partial charge in [-0.05, 0) is 18.1 Å². The van der Waals surface area contributed by atoms with Crippen LogP contribution in [0.3, 0.4) is 0 Å². The molecule has 1 aromatic heterocycles. The number of nitrogens with zero attached hydrogens (tertiary/aromatic N) is 3. The van der Waals surface area contributed by atoms with Crippen LogP contribution in [0.25, 0.3) is 10.9 Å². The zero-order valence-corrected chi connectivity index (χ0v) is 12.7. The lowest BCUT2D eigenvalue weighted by Gasteiger charge is -2.19. The Hall–Kier alpha value is -2.17. The summed E-state index contributed by atoms with van der Waals surface area (Å²) < 4.78 is 1.50. The number of carbonyl (C=O) groups is 1. The number of amides is 1. The van der Waals surface area contributed by atoms with Crippen molar-refractivity contribution in [3.63, 3.8) is 0 Å². The fourth-order valence-electron chi connectivity index (χ4n) is 2.32. The first-order valence-corrected chi connectivity index (χ1v) is 7.17. The molecule has 0 aliphatic carbocycles. The van der Waals surface area contributed by atoms with Gasteiger partial charge in [-0.25, -0.2) is 4.98 Å². The molecule has 0 saturated heterocycles. The van der Waals surface area contributed by atoms with Crippen LogP contribution in [-0.2, 0) is 11.3 Å². The van der Waals surface area contributed by atoms with E-state index in [9.17, 15) is 9.59 Å². The molecule has 0 saturated carbocycles. The molecule has 0 spiro atoms. The van der Waals surface area contributed by atoms with Crippen molar-refractivity contribution in [3.8, 4) is 0 Å². The van der Waals surface area contributed by atoms with Gasteiger partial charge in [-0.15, -0.1) is 0 Å². The van der Waals surface area contributed by atoms with Crippen LogP contribution >= 0.6 is 0 Å². The first-order chi connectivity index (χ1) is 9.99. The third-order valence-electron chi connectivity index (χ3n) is 3.36. The smallest absolute Gasteiger partial charge is 0.261 e. The maximum absolute atomic E-state index is 12.3. The van der Waals surface area contributed by atoms with Gasteiger partial charge < -0.3 is 4.90 Å². The molecule has 2 rings (SSSR count). The number of aromatic nitrogens is 2. The minimum absolute atomic E-state index is 0.0451. The number of hydrogen-bond donors (Lipinski definition) is 0. The van der Waals surface area contributed by atoms with Crippen molar-refractivity contribution in [2.45, 2.75) is 26.8 Å². The number of rotatable bonds is 5. The Labute approximate surface area is 124 Å². The van der Waals surface area contributed by atoms with Crippen molar-refractivity contribution in [1.82, 2.24) is 14.5 Å². The molecule has 5 nitrogen and oxygen atoms in total. The predicted molar refractivity (Wildman–Crippen MR) is 83.1 cm³/mol. The van der Waals surface area contributed by atoms with Gasteiger partial charge in [0.1, 0.15) is 0 Å². The van der Waals surface area contributed by atoms with Crippen LogP contribution in [0.1, 0.15) is 20.3 Å². The Bertz CT molecular complexity index is 691. The highest BCUT2D eigenvalue weighted by Gasteiger charge is 2.11. The third kappa shape index (κ3) is 3.68. The molecule has 0 aliphatic heterocycles. The molecule has 0 bridgehead atoms. The largest absolute Gasteiger partial charge is 0.345 e. The van der Waals surface area contributed by atoms with Gasteiger partial charge in [0.05, 0.1) is 17.2 Å². The number of para-hydroxylation sites is 1. The Morgan fingerprint density at radius 3 is 2.76 bits per heavy atom. The number of hydrogen-bond acceptors (Lipinski definition) is 3. The SMILES string of the molecule is CC(C)CN(C)C(=O)CCn1cnc2ccccc2c1=O. The fraction of sp³-hybridized carbons (Fsp3) is 0.438. The molecular formula is C16H21N3O2. The van der Waals surface area contributed by atoms with E-state index in [0.717, 1.165) is 6.54 Å². The van der Waals surface area contributed by atoms with E-state index in [2.05, 4.69) is 18.8 Å². The second-order valence-electron chi connectivity index (χ2n) is 5.68. The summed E-state index contributed by atoms with van der Waals surface area (Å²) in [5.74, 6) is 0.479. The van der Waals surface area contributed by atoms with Crippen molar-refractivity contribution < 1.29 is 4.79 Å². The van der Waals surface area contributed by atoms with E-state index in [-0.39, 0.29) is 11.5 Å². The molecule has 1 amide bonds. The lowest BCUT2D eigenvalue weighted by molar-refractivity contribution is -0.130. The quantitative estimate of drug-likeness (QED) is 0.844. The van der Waals surface area contributed by atoms with Crippen molar-refractivity contribution in [2.75, 3.05) is 13.6 Å². The van der Waals surface area contributed by atoms with Crippen LogP contribution in [-0.4, -0.2) is 34.0 Å². The van der Waals surface area contributed by atoms with E-state index >= 15 is 0 Å². The van der Waals surface area contributed by atoms with Crippen LogP contribution in [0.4, 0.5) is 0 Å². The van der Waals surface area contributed by atoms with Crippen molar-refractivity contribution in [3.05, 3.63) is 40.9 Å². The second kappa shape index (κ2) is 6.52. The Kier molecular flexibility index (Phi) is 4.73. The van der Waals surface area contributed by atoms with Crippen LogP contribution < -0.4 is 5.56 Å². The summed E-state index contributed by atoms with van der Waals surface area (Å²) in [6, 6.07) is 7.23. The van der Waals surface area contributed by atoms with Gasteiger partial charge in [-0.1, -0.05) is 26.0 Å². The van der Waals surface area contributed by atoms with Gasteiger partial charge in [0.2, 0.25) is 5.91 Å². The minimum Gasteiger partial charge on any atom is -0.345 e. The molecular weight excluding hydrogens is 266 g/mol. The summed E-state index contributed by atoms with van der Waals surface area (Å²) in [4.78, 5) is 30.3. The monoisotopic (exact) mass is 287 g/mol. The summed E-state index contributed by atoms with van der Waals surface area (Å²) in [5.41, 5.74) is 0.585. The van der Waals surface area contributed by atoms with Gasteiger partial charge in [-0.2, -0.15) is 0 Å². The lowest BCUT2D eigenvalue weighted by atomic mass is 10.2. The van der Waals surface area contributed by atoms with Gasteiger partial charge in [-0.3, -0.25) is 14.2 Å². The number of carbonyl (C=O) groups excluding carboxylic acids is 1. The zero-order valence-electron chi connectivity index (χ0n) is 12.7. The highest BCUT2D eigenvalue weighted by atomic mass is 16.2. The number of fused-ring (bicyclic) bond motifs is 1. The Balaban J connectivity index is 2.09. The van der Waals surface area contributed by atoms with E-state index in [1.165, 1.54) is 10.9 Å². The molecule has 0 atom stereocenters. The minimum atomic E-state index is -0.0973. The highest BCUT2D eigenvalue weighted by molar-refractivity contribution is 5.77. The molecule has 0 aliphatic rings. The molecule has 112 valence electrons. The maximum atomic E-state index is 12.3. The zero-order chi connectivity index (χ0) is 15.4. The van der Waals surface area contributed by atoms with Crippen LogP contribution in [0, 0.1) is 5.92 Å². The Morgan fingerprint density at radius 2 is 2.05 bits per heavy atom. The average Bonchev–Trinajstić information content (AvgIpc) is 2.46. The number of benzene rings is 1. The summed E-state index contributed by atoms with van der Waals surface area (Å²) in [6.45, 7) is 5.23. The van der Waals surface area contributed by atoms with Crippen molar-refractivity contribution in [1.29, 1.82) is 0 Å². The van der Waals surface area contributed by atoms with E-state index in [1.807, 2.05) is 18.2 Å². The number of aryl methyl sites for hydroxylation is 1. The maximum Gasteiger partial charge on any atom is 0.261 e. The summed E-state index contributed by atoms with van der Waals surface area (Å²) in [5, 5.41) is 0.586. The van der Waals surface area contributed by atoms with E-state index in [1.54, 1.807) is 18.0 Å². The second-order valence-corrected chi connectivity index (χ2v) is 5.68. The topological polar surface area (TPSA) is 55.2 Å². The summed E-state index contributed by atoms with van der Waals surface area (Å²) in [6.07, 6.45) is 1.82. The Morgan fingerprint density at radius 1 is 1.33 bits per heavy atom. The molecule has 0 radical (unpaired) electrons. The molecule has 0 N–H and O–H groups in total. The van der Waals surface area contributed by atoms with E-state index in [4.69, 9.17) is 0 Å². The van der Waals surface area contributed by atoms with E-state index in [0.29, 0.717) is 29.8 Å².